The molecule has 96 valence electrons. The average Bonchev–Trinajstić information content (AvgIpc) is 2.82. The summed E-state index contributed by atoms with van der Waals surface area (Å²) in [7, 11) is 0. The van der Waals surface area contributed by atoms with Crippen LogP contribution in [0.25, 0.3) is 5.57 Å². The van der Waals surface area contributed by atoms with Crippen LogP contribution < -0.4 is 0 Å². The lowest BCUT2D eigenvalue weighted by atomic mass is 9.97. The molecule has 2 aliphatic heterocycles. The highest BCUT2D eigenvalue weighted by molar-refractivity contribution is 6.32. The number of hydroxylamine groups is 3. The smallest absolute Gasteiger partial charge is 0.417 e. The second-order valence-electron chi connectivity index (χ2n) is 4.65. The van der Waals surface area contributed by atoms with E-state index in [9.17, 15) is 18.4 Å². The number of benzene rings is 1. The Kier molecular flexibility index (Phi) is 2.33. The molecular weight excluding hydrogens is 267 g/mol. The molecular formula is C12H9ClF3NO. The number of fused-ring (bicyclic) bond motifs is 1. The third kappa shape index (κ3) is 1.66. The summed E-state index contributed by atoms with van der Waals surface area (Å²) < 4.78 is 38.4. The summed E-state index contributed by atoms with van der Waals surface area (Å²) in [6.45, 7) is 0.594. The van der Waals surface area contributed by atoms with Crippen molar-refractivity contribution in [2.75, 3.05) is 13.1 Å². The van der Waals surface area contributed by atoms with E-state index in [2.05, 4.69) is 0 Å². The SMILES string of the molecule is [O-][N+]12CC=C(c3c(Cl)cccc3C(F)(F)F)C1C2. The van der Waals surface area contributed by atoms with Crippen molar-refractivity contribution in [3.63, 3.8) is 0 Å². The van der Waals surface area contributed by atoms with Gasteiger partial charge in [0.2, 0.25) is 0 Å². The number of hydrogen-bond donors (Lipinski definition) is 0. The van der Waals surface area contributed by atoms with Gasteiger partial charge in [-0.2, -0.15) is 13.2 Å². The number of nitrogens with zero attached hydrogens (tertiary/aromatic N) is 1. The minimum absolute atomic E-state index is 0.0231. The molecule has 2 unspecified atom stereocenters. The standard InChI is InChI=1S/C12H9ClF3NO/c13-9-3-1-2-8(12(14,15)16)11(9)7-4-5-17(18)6-10(7)17/h1-4,10H,5-6H2. The maximum Gasteiger partial charge on any atom is 0.417 e. The summed E-state index contributed by atoms with van der Waals surface area (Å²) in [6, 6.07) is 3.33. The Morgan fingerprint density at radius 1 is 1.33 bits per heavy atom. The molecule has 18 heavy (non-hydrogen) atoms. The minimum Gasteiger partial charge on any atom is -0.632 e. The fourth-order valence-electron chi connectivity index (χ4n) is 2.51. The molecule has 0 amide bonds. The highest BCUT2D eigenvalue weighted by Crippen LogP contribution is 2.49. The van der Waals surface area contributed by atoms with Crippen molar-refractivity contribution in [2.45, 2.75) is 12.2 Å². The van der Waals surface area contributed by atoms with E-state index >= 15 is 0 Å². The number of hydrogen-bond acceptors (Lipinski definition) is 1. The maximum absolute atomic E-state index is 12.9. The van der Waals surface area contributed by atoms with Crippen LogP contribution in [0, 0.1) is 5.21 Å². The van der Waals surface area contributed by atoms with Gasteiger partial charge in [0, 0.05) is 16.2 Å². The van der Waals surface area contributed by atoms with Gasteiger partial charge in [-0.05, 0) is 18.2 Å². The van der Waals surface area contributed by atoms with E-state index in [1.54, 1.807) is 6.08 Å². The first-order valence-corrected chi connectivity index (χ1v) is 5.84. The number of alkyl halides is 3. The lowest BCUT2D eigenvalue weighted by Gasteiger charge is -2.18. The first-order valence-electron chi connectivity index (χ1n) is 5.47. The zero-order valence-electron chi connectivity index (χ0n) is 9.17. The summed E-state index contributed by atoms with van der Waals surface area (Å²) in [5.41, 5.74) is -0.338. The highest BCUT2D eigenvalue weighted by Gasteiger charge is 2.55. The van der Waals surface area contributed by atoms with E-state index in [1.165, 1.54) is 12.1 Å². The predicted molar refractivity (Wildman–Crippen MR) is 61.6 cm³/mol. The Labute approximate surface area is 106 Å². The van der Waals surface area contributed by atoms with Gasteiger partial charge in [0.1, 0.15) is 6.54 Å². The highest BCUT2D eigenvalue weighted by atomic mass is 35.5. The first-order chi connectivity index (χ1) is 8.33. The molecule has 3 rings (SSSR count). The maximum atomic E-state index is 12.9. The topological polar surface area (TPSA) is 23.1 Å². The molecule has 0 bridgehead atoms. The van der Waals surface area contributed by atoms with Gasteiger partial charge < -0.3 is 9.85 Å². The van der Waals surface area contributed by atoms with Crippen molar-refractivity contribution < 1.29 is 17.8 Å². The minimum atomic E-state index is -4.46. The Hall–Kier alpha value is -1.04. The van der Waals surface area contributed by atoms with E-state index in [0.717, 1.165) is 6.07 Å². The van der Waals surface area contributed by atoms with Crippen LogP contribution >= 0.6 is 11.6 Å². The van der Waals surface area contributed by atoms with Gasteiger partial charge in [0.25, 0.3) is 0 Å². The van der Waals surface area contributed by atoms with Gasteiger partial charge in [0.05, 0.1) is 12.1 Å². The second kappa shape index (κ2) is 3.50. The van der Waals surface area contributed by atoms with Gasteiger partial charge in [0.15, 0.2) is 6.04 Å². The molecule has 0 radical (unpaired) electrons. The molecule has 2 aliphatic rings. The van der Waals surface area contributed by atoms with Gasteiger partial charge >= 0.3 is 6.18 Å². The molecule has 2 nitrogen and oxygen atoms in total. The molecule has 1 fully saturated rings. The van der Waals surface area contributed by atoms with Crippen LogP contribution in [0.5, 0.6) is 0 Å². The Balaban J connectivity index is 2.12. The van der Waals surface area contributed by atoms with Crippen molar-refractivity contribution in [1.29, 1.82) is 0 Å². The zero-order valence-corrected chi connectivity index (χ0v) is 9.92. The van der Waals surface area contributed by atoms with Gasteiger partial charge in [-0.1, -0.05) is 17.7 Å². The summed E-state index contributed by atoms with van der Waals surface area (Å²) >= 11 is 5.89. The quantitative estimate of drug-likeness (QED) is 0.437. The van der Waals surface area contributed by atoms with Crippen molar-refractivity contribution >= 4 is 17.2 Å². The third-order valence-corrected chi connectivity index (χ3v) is 3.82. The van der Waals surface area contributed by atoms with Crippen molar-refractivity contribution in [2.24, 2.45) is 0 Å². The number of halogens is 4. The van der Waals surface area contributed by atoms with E-state index in [4.69, 9.17) is 11.6 Å². The monoisotopic (exact) mass is 275 g/mol. The first kappa shape index (κ1) is 12.0. The normalized spacial score (nSPS) is 30.1. The average molecular weight is 276 g/mol. The summed E-state index contributed by atoms with van der Waals surface area (Å²) in [5.74, 6) is 0. The van der Waals surface area contributed by atoms with Crippen LogP contribution in [0.15, 0.2) is 24.3 Å². The van der Waals surface area contributed by atoms with Crippen LogP contribution in [0.2, 0.25) is 5.02 Å². The number of rotatable bonds is 1. The molecule has 2 atom stereocenters. The molecule has 1 saturated heterocycles. The Morgan fingerprint density at radius 3 is 2.56 bits per heavy atom. The predicted octanol–water partition coefficient (Wildman–Crippen LogP) is 3.45. The fraction of sp³-hybridized carbons (Fsp3) is 0.333. The van der Waals surface area contributed by atoms with Crippen LogP contribution in [0.4, 0.5) is 13.2 Å². The van der Waals surface area contributed by atoms with E-state index in [-0.39, 0.29) is 23.2 Å². The van der Waals surface area contributed by atoms with Gasteiger partial charge in [-0.25, -0.2) is 0 Å². The molecule has 0 saturated carbocycles. The van der Waals surface area contributed by atoms with E-state index < -0.39 is 16.4 Å². The second-order valence-corrected chi connectivity index (χ2v) is 5.06. The Morgan fingerprint density at radius 2 is 2.06 bits per heavy atom. The summed E-state index contributed by atoms with van der Waals surface area (Å²) in [6.07, 6.45) is -2.88. The molecule has 0 aromatic heterocycles. The van der Waals surface area contributed by atoms with E-state index in [1.807, 2.05) is 0 Å². The summed E-state index contributed by atoms with van der Waals surface area (Å²) in [5, 5.41) is 11.8. The van der Waals surface area contributed by atoms with Crippen molar-refractivity contribution in [1.82, 2.24) is 0 Å². The van der Waals surface area contributed by atoms with Gasteiger partial charge in [-0.3, -0.25) is 0 Å². The van der Waals surface area contributed by atoms with Gasteiger partial charge in [-0.15, -0.1) is 0 Å². The molecule has 1 aromatic carbocycles. The van der Waals surface area contributed by atoms with Crippen molar-refractivity contribution in [3.05, 3.63) is 45.6 Å². The largest absolute Gasteiger partial charge is 0.632 e. The van der Waals surface area contributed by atoms with Crippen LogP contribution in [0.3, 0.4) is 0 Å². The molecule has 6 heteroatoms. The molecule has 1 aromatic rings. The van der Waals surface area contributed by atoms with Crippen LogP contribution in [-0.4, -0.2) is 23.8 Å². The lowest BCUT2D eigenvalue weighted by molar-refractivity contribution is -0.742. The third-order valence-electron chi connectivity index (χ3n) is 3.50. The molecule has 0 aliphatic carbocycles. The zero-order chi connectivity index (χ0) is 13.1. The van der Waals surface area contributed by atoms with Crippen LogP contribution in [-0.2, 0) is 6.18 Å². The summed E-state index contributed by atoms with van der Waals surface area (Å²) in [4.78, 5) is 0. The van der Waals surface area contributed by atoms with Crippen molar-refractivity contribution in [3.8, 4) is 0 Å². The fourth-order valence-corrected chi connectivity index (χ4v) is 2.79. The molecule has 0 N–H and O–H groups in total. The Bertz CT molecular complexity index is 555. The number of quaternary nitrogens is 1. The van der Waals surface area contributed by atoms with E-state index in [0.29, 0.717) is 12.1 Å². The molecule has 2 heterocycles. The molecule has 0 spiro atoms. The van der Waals surface area contributed by atoms with Crippen LogP contribution in [0.1, 0.15) is 11.1 Å². The lowest BCUT2D eigenvalue weighted by Crippen LogP contribution is -2.16.